The number of nitrogens with one attached hydrogen (secondary N) is 1. The number of hydrogen-bond donors (Lipinski definition) is 1. The van der Waals surface area contributed by atoms with Crippen LogP contribution < -0.4 is 11.1 Å². The van der Waals surface area contributed by atoms with Gasteiger partial charge in [0.25, 0.3) is 11.1 Å². The molecule has 0 radical (unpaired) electrons. The first kappa shape index (κ1) is 15.0. The van der Waals surface area contributed by atoms with Crippen LogP contribution in [0.4, 0.5) is 17.6 Å². The Labute approximate surface area is 125 Å². The average Bonchev–Trinajstić information content (AvgIpc) is 2.47. The normalized spacial score (nSPS) is 11.8. The van der Waals surface area contributed by atoms with Crippen LogP contribution in [0.25, 0.3) is 16.5 Å². The molecule has 0 spiro atoms. The smallest absolute Gasteiger partial charge is 0.328 e. The maximum absolute atomic E-state index is 13.3. The number of aromatic nitrogens is 2. The van der Waals surface area contributed by atoms with Crippen LogP contribution in [0.15, 0.2) is 52.2 Å². The van der Waals surface area contributed by atoms with E-state index in [0.717, 1.165) is 36.5 Å². The van der Waals surface area contributed by atoms with Gasteiger partial charge in [0.15, 0.2) is 0 Å². The monoisotopic (exact) mass is 324 g/mol. The quantitative estimate of drug-likeness (QED) is 0.700. The van der Waals surface area contributed by atoms with Crippen molar-refractivity contribution in [2.75, 3.05) is 0 Å². The highest BCUT2D eigenvalue weighted by molar-refractivity contribution is 5.81. The van der Waals surface area contributed by atoms with Crippen LogP contribution in [0.1, 0.15) is 5.69 Å². The Morgan fingerprint density at radius 1 is 1.00 bits per heavy atom. The first-order chi connectivity index (χ1) is 10.8. The number of fused-ring (bicyclic) bond motifs is 1. The molecule has 0 atom stereocenters. The molecule has 1 aromatic carbocycles. The van der Waals surface area contributed by atoms with Crippen LogP contribution in [-0.4, -0.2) is 9.55 Å². The van der Waals surface area contributed by atoms with E-state index in [1.165, 1.54) is 6.07 Å². The number of hydrogen-bond acceptors (Lipinski definition) is 2. The summed E-state index contributed by atoms with van der Waals surface area (Å²) < 4.78 is 53.3. The van der Waals surface area contributed by atoms with E-state index < -0.39 is 34.2 Å². The van der Waals surface area contributed by atoms with Crippen molar-refractivity contribution in [2.24, 2.45) is 0 Å². The zero-order chi connectivity index (χ0) is 16.8. The van der Waals surface area contributed by atoms with Crippen molar-refractivity contribution in [3.8, 4) is 5.69 Å². The Bertz CT molecular complexity index is 1000. The molecule has 0 aliphatic rings. The molecular formula is C15H8F4N2O2. The number of pyridine rings is 2. The fourth-order valence-electron chi connectivity index (χ4n) is 2.32. The molecule has 2 aromatic heterocycles. The minimum Gasteiger partial charge on any atom is -0.328 e. The summed E-state index contributed by atoms with van der Waals surface area (Å²) in [5.41, 5.74) is -3.35. The molecule has 3 aromatic rings. The standard InChI is InChI=1S/C15H8F4N2O2/c16-9-1-3-10(4-2-9)21-11(15(17,18)19)7-8-5-6-20-13(22)12(8)14(21)23/h1-7H,(H,20,22). The lowest BCUT2D eigenvalue weighted by molar-refractivity contribution is -0.142. The summed E-state index contributed by atoms with van der Waals surface area (Å²) in [4.78, 5) is 26.5. The summed E-state index contributed by atoms with van der Waals surface area (Å²) >= 11 is 0. The van der Waals surface area contributed by atoms with Gasteiger partial charge in [0.2, 0.25) is 0 Å². The van der Waals surface area contributed by atoms with Gasteiger partial charge in [-0.25, -0.2) is 4.39 Å². The Kier molecular flexibility index (Phi) is 3.32. The number of halogens is 4. The molecule has 0 unspecified atom stereocenters. The molecule has 23 heavy (non-hydrogen) atoms. The van der Waals surface area contributed by atoms with E-state index in [1.54, 1.807) is 0 Å². The summed E-state index contributed by atoms with van der Waals surface area (Å²) in [6.45, 7) is 0. The predicted octanol–water partition coefficient (Wildman–Crippen LogP) is 2.84. The highest BCUT2D eigenvalue weighted by Gasteiger charge is 2.35. The minimum atomic E-state index is -4.83. The number of H-pyrrole nitrogens is 1. The number of aromatic amines is 1. The van der Waals surface area contributed by atoms with E-state index >= 15 is 0 Å². The molecule has 118 valence electrons. The van der Waals surface area contributed by atoms with E-state index in [4.69, 9.17) is 0 Å². The lowest BCUT2D eigenvalue weighted by atomic mass is 10.1. The topological polar surface area (TPSA) is 54.9 Å². The van der Waals surface area contributed by atoms with E-state index in [1.807, 2.05) is 0 Å². The zero-order valence-corrected chi connectivity index (χ0v) is 11.3. The third-order valence-corrected chi connectivity index (χ3v) is 3.32. The second kappa shape index (κ2) is 5.08. The Hall–Kier alpha value is -2.90. The Morgan fingerprint density at radius 2 is 1.65 bits per heavy atom. The molecule has 1 N–H and O–H groups in total. The molecule has 0 bridgehead atoms. The Balaban J connectivity index is 2.50. The summed E-state index contributed by atoms with van der Waals surface area (Å²) in [5.74, 6) is -0.658. The van der Waals surface area contributed by atoms with Crippen molar-refractivity contribution >= 4 is 10.8 Å². The first-order valence-electron chi connectivity index (χ1n) is 6.39. The average molecular weight is 324 g/mol. The molecule has 3 rings (SSSR count). The molecule has 2 heterocycles. The molecule has 4 nitrogen and oxygen atoms in total. The largest absolute Gasteiger partial charge is 0.431 e. The maximum Gasteiger partial charge on any atom is 0.431 e. The molecule has 0 aliphatic carbocycles. The van der Waals surface area contributed by atoms with E-state index in [9.17, 15) is 27.2 Å². The number of rotatable bonds is 1. The van der Waals surface area contributed by atoms with Gasteiger partial charge in [-0.1, -0.05) is 0 Å². The van der Waals surface area contributed by atoms with Gasteiger partial charge in [-0.15, -0.1) is 0 Å². The molecule has 0 saturated heterocycles. The molecule has 0 amide bonds. The minimum absolute atomic E-state index is 0.121. The summed E-state index contributed by atoms with van der Waals surface area (Å²) in [6.07, 6.45) is -3.67. The van der Waals surface area contributed by atoms with Crippen molar-refractivity contribution in [1.82, 2.24) is 9.55 Å². The van der Waals surface area contributed by atoms with Crippen molar-refractivity contribution in [1.29, 1.82) is 0 Å². The highest BCUT2D eigenvalue weighted by atomic mass is 19.4. The second-order valence-electron chi connectivity index (χ2n) is 4.78. The SMILES string of the molecule is O=c1[nH]ccc2cc(C(F)(F)F)n(-c3ccc(F)cc3)c(=O)c12. The van der Waals surface area contributed by atoms with Gasteiger partial charge in [0.05, 0.1) is 0 Å². The number of alkyl halides is 3. The molecule has 8 heteroatoms. The van der Waals surface area contributed by atoms with Crippen molar-refractivity contribution in [3.63, 3.8) is 0 Å². The van der Waals surface area contributed by atoms with E-state index in [-0.39, 0.29) is 11.1 Å². The fourth-order valence-corrected chi connectivity index (χ4v) is 2.32. The number of nitrogens with zero attached hydrogens (tertiary/aromatic N) is 1. The van der Waals surface area contributed by atoms with Crippen LogP contribution in [0.2, 0.25) is 0 Å². The van der Waals surface area contributed by atoms with Crippen LogP contribution in [-0.2, 0) is 6.18 Å². The van der Waals surface area contributed by atoms with Crippen LogP contribution in [0, 0.1) is 5.82 Å². The third-order valence-electron chi connectivity index (χ3n) is 3.32. The number of benzene rings is 1. The van der Waals surface area contributed by atoms with Crippen LogP contribution >= 0.6 is 0 Å². The summed E-state index contributed by atoms with van der Waals surface area (Å²) in [6, 6.07) is 5.87. The molecular weight excluding hydrogens is 316 g/mol. The van der Waals surface area contributed by atoms with Gasteiger partial charge in [0.1, 0.15) is 16.9 Å². The Morgan fingerprint density at radius 3 is 2.26 bits per heavy atom. The zero-order valence-electron chi connectivity index (χ0n) is 11.3. The van der Waals surface area contributed by atoms with Crippen molar-refractivity contribution in [3.05, 3.63) is 74.8 Å². The second-order valence-corrected chi connectivity index (χ2v) is 4.78. The van der Waals surface area contributed by atoms with Gasteiger partial charge in [-0.3, -0.25) is 14.2 Å². The van der Waals surface area contributed by atoms with Gasteiger partial charge >= 0.3 is 6.18 Å². The fraction of sp³-hybridized carbons (Fsp3) is 0.0667. The van der Waals surface area contributed by atoms with Gasteiger partial charge in [-0.05, 0) is 41.8 Å². The lowest BCUT2D eigenvalue weighted by Gasteiger charge is -2.16. The molecule has 0 aliphatic heterocycles. The van der Waals surface area contributed by atoms with E-state index in [0.29, 0.717) is 4.57 Å². The summed E-state index contributed by atoms with van der Waals surface area (Å²) in [5, 5.41) is -0.519. The van der Waals surface area contributed by atoms with Gasteiger partial charge in [0, 0.05) is 11.9 Å². The van der Waals surface area contributed by atoms with Crippen molar-refractivity contribution in [2.45, 2.75) is 6.18 Å². The van der Waals surface area contributed by atoms with Crippen LogP contribution in [0.5, 0.6) is 0 Å². The summed E-state index contributed by atoms with van der Waals surface area (Å²) in [7, 11) is 0. The lowest BCUT2D eigenvalue weighted by Crippen LogP contribution is -2.30. The maximum atomic E-state index is 13.3. The van der Waals surface area contributed by atoms with Crippen LogP contribution in [0.3, 0.4) is 0 Å². The third kappa shape index (κ3) is 2.52. The van der Waals surface area contributed by atoms with E-state index in [2.05, 4.69) is 4.98 Å². The first-order valence-corrected chi connectivity index (χ1v) is 6.39. The predicted molar refractivity (Wildman–Crippen MR) is 75.1 cm³/mol. The molecule has 0 fully saturated rings. The van der Waals surface area contributed by atoms with Crippen molar-refractivity contribution < 1.29 is 17.6 Å². The van der Waals surface area contributed by atoms with Gasteiger partial charge in [-0.2, -0.15) is 13.2 Å². The highest BCUT2D eigenvalue weighted by Crippen LogP contribution is 2.31. The molecule has 0 saturated carbocycles. The van der Waals surface area contributed by atoms with Gasteiger partial charge < -0.3 is 4.98 Å².